The highest BCUT2D eigenvalue weighted by molar-refractivity contribution is 6.30. The van der Waals surface area contributed by atoms with Gasteiger partial charge >= 0.3 is 0 Å². The minimum absolute atomic E-state index is 0.0924. The average Bonchev–Trinajstić information content (AvgIpc) is 3.06. The number of hydrogen-bond donors (Lipinski definition) is 1. The normalized spacial score (nSPS) is 15.8. The SMILES string of the molecule is O=C(NCc1ccc(Cl)cc1)[C@@H]1Cc2c(ccc3ccccc23)O1. The zero-order valence-corrected chi connectivity index (χ0v) is 13.7. The van der Waals surface area contributed by atoms with E-state index in [2.05, 4.69) is 17.4 Å². The maximum absolute atomic E-state index is 12.4. The summed E-state index contributed by atoms with van der Waals surface area (Å²) >= 11 is 5.87. The van der Waals surface area contributed by atoms with E-state index < -0.39 is 6.10 Å². The number of nitrogens with one attached hydrogen (secondary N) is 1. The molecule has 3 aromatic rings. The fraction of sp³-hybridized carbons (Fsp3) is 0.150. The maximum atomic E-state index is 12.4. The molecule has 4 rings (SSSR count). The lowest BCUT2D eigenvalue weighted by atomic mass is 10.0. The number of carbonyl (C=O) groups is 1. The van der Waals surface area contributed by atoms with Crippen molar-refractivity contribution in [2.45, 2.75) is 19.1 Å². The number of ether oxygens (including phenoxy) is 1. The van der Waals surface area contributed by atoms with Gasteiger partial charge in [-0.25, -0.2) is 0 Å². The lowest BCUT2D eigenvalue weighted by molar-refractivity contribution is -0.127. The van der Waals surface area contributed by atoms with Gasteiger partial charge in [0.1, 0.15) is 5.75 Å². The van der Waals surface area contributed by atoms with Gasteiger partial charge in [0.2, 0.25) is 0 Å². The highest BCUT2D eigenvalue weighted by Crippen LogP contribution is 2.35. The average molecular weight is 338 g/mol. The van der Waals surface area contributed by atoms with Crippen LogP contribution in [0.15, 0.2) is 60.7 Å². The van der Waals surface area contributed by atoms with Crippen LogP contribution < -0.4 is 10.1 Å². The quantitative estimate of drug-likeness (QED) is 0.781. The maximum Gasteiger partial charge on any atom is 0.261 e. The summed E-state index contributed by atoms with van der Waals surface area (Å²) in [5.74, 6) is 0.713. The van der Waals surface area contributed by atoms with Gasteiger partial charge in [-0.15, -0.1) is 0 Å². The Labute approximate surface area is 145 Å². The summed E-state index contributed by atoms with van der Waals surface area (Å²) in [7, 11) is 0. The Morgan fingerprint density at radius 2 is 1.88 bits per heavy atom. The second-order valence-corrected chi connectivity index (χ2v) is 6.35. The van der Waals surface area contributed by atoms with E-state index in [1.165, 1.54) is 5.39 Å². The molecule has 0 radical (unpaired) electrons. The fourth-order valence-corrected chi connectivity index (χ4v) is 3.19. The first-order valence-corrected chi connectivity index (χ1v) is 8.28. The van der Waals surface area contributed by atoms with Crippen LogP contribution in [0.1, 0.15) is 11.1 Å². The Balaban J connectivity index is 1.47. The van der Waals surface area contributed by atoms with Crippen LogP contribution in [0, 0.1) is 0 Å². The molecule has 0 fully saturated rings. The van der Waals surface area contributed by atoms with Crippen LogP contribution >= 0.6 is 11.6 Å². The fourth-order valence-electron chi connectivity index (χ4n) is 3.07. The van der Waals surface area contributed by atoms with Crippen molar-refractivity contribution in [1.29, 1.82) is 0 Å². The molecule has 1 aliphatic heterocycles. The highest BCUT2D eigenvalue weighted by atomic mass is 35.5. The first kappa shape index (κ1) is 15.0. The minimum Gasteiger partial charge on any atom is -0.480 e. The molecule has 0 aromatic heterocycles. The molecule has 0 aliphatic carbocycles. The summed E-state index contributed by atoms with van der Waals surface area (Å²) in [5.41, 5.74) is 2.12. The predicted molar refractivity (Wildman–Crippen MR) is 95.4 cm³/mol. The molecule has 0 spiro atoms. The van der Waals surface area contributed by atoms with Crippen LogP contribution in [-0.2, 0) is 17.8 Å². The van der Waals surface area contributed by atoms with Crippen molar-refractivity contribution in [2.24, 2.45) is 0 Å². The zero-order chi connectivity index (χ0) is 16.5. The van der Waals surface area contributed by atoms with Crippen molar-refractivity contribution >= 4 is 28.3 Å². The van der Waals surface area contributed by atoms with Crippen LogP contribution in [0.4, 0.5) is 0 Å². The van der Waals surface area contributed by atoms with Crippen molar-refractivity contribution in [3.05, 3.63) is 76.8 Å². The van der Waals surface area contributed by atoms with Crippen LogP contribution in [0.25, 0.3) is 10.8 Å². The summed E-state index contributed by atoms with van der Waals surface area (Å²) in [5, 5.41) is 5.95. The largest absolute Gasteiger partial charge is 0.480 e. The van der Waals surface area contributed by atoms with Crippen molar-refractivity contribution < 1.29 is 9.53 Å². The minimum atomic E-state index is -0.474. The Bertz CT molecular complexity index is 905. The standard InChI is InChI=1S/C20H16ClNO2/c21-15-8-5-13(6-9-15)12-22-20(23)19-11-17-16-4-2-1-3-14(16)7-10-18(17)24-19/h1-10,19H,11-12H2,(H,22,23)/t19-/m0/s1. The van der Waals surface area contributed by atoms with Crippen molar-refractivity contribution in [2.75, 3.05) is 0 Å². The summed E-state index contributed by atoms with van der Waals surface area (Å²) in [6, 6.07) is 19.6. The van der Waals surface area contributed by atoms with Crippen LogP contribution in [-0.4, -0.2) is 12.0 Å². The molecule has 1 atom stereocenters. The molecular formula is C20H16ClNO2. The zero-order valence-electron chi connectivity index (χ0n) is 13.0. The smallest absolute Gasteiger partial charge is 0.261 e. The Morgan fingerprint density at radius 3 is 2.71 bits per heavy atom. The van der Waals surface area contributed by atoms with Gasteiger partial charge in [-0.3, -0.25) is 4.79 Å². The number of benzene rings is 3. The molecule has 0 saturated heterocycles. The summed E-state index contributed by atoms with van der Waals surface area (Å²) in [4.78, 5) is 12.4. The Kier molecular flexibility index (Phi) is 3.87. The van der Waals surface area contributed by atoms with E-state index in [1.807, 2.05) is 48.5 Å². The molecule has 3 nitrogen and oxygen atoms in total. The molecule has 1 aliphatic rings. The van der Waals surface area contributed by atoms with Crippen molar-refractivity contribution in [3.8, 4) is 5.75 Å². The number of rotatable bonds is 3. The van der Waals surface area contributed by atoms with E-state index in [-0.39, 0.29) is 5.91 Å². The van der Waals surface area contributed by atoms with Gasteiger partial charge < -0.3 is 10.1 Å². The monoisotopic (exact) mass is 337 g/mol. The molecule has 0 unspecified atom stereocenters. The second-order valence-electron chi connectivity index (χ2n) is 5.92. The highest BCUT2D eigenvalue weighted by Gasteiger charge is 2.30. The predicted octanol–water partition coefficient (Wildman–Crippen LogP) is 4.11. The number of hydrogen-bond acceptors (Lipinski definition) is 2. The first-order chi connectivity index (χ1) is 11.7. The van der Waals surface area contributed by atoms with E-state index in [1.54, 1.807) is 0 Å². The number of fused-ring (bicyclic) bond motifs is 3. The molecule has 4 heteroatoms. The molecule has 3 aromatic carbocycles. The van der Waals surface area contributed by atoms with Gasteiger partial charge in [-0.05, 0) is 34.5 Å². The first-order valence-electron chi connectivity index (χ1n) is 7.90. The lowest BCUT2D eigenvalue weighted by Gasteiger charge is -2.11. The van der Waals surface area contributed by atoms with Crippen LogP contribution in [0.2, 0.25) is 5.02 Å². The van der Waals surface area contributed by atoms with E-state index >= 15 is 0 Å². The molecule has 0 saturated carbocycles. The van der Waals surface area contributed by atoms with E-state index in [9.17, 15) is 4.79 Å². The third-order valence-electron chi connectivity index (χ3n) is 4.33. The number of carbonyl (C=O) groups excluding carboxylic acids is 1. The lowest BCUT2D eigenvalue weighted by Crippen LogP contribution is -2.37. The third kappa shape index (κ3) is 2.83. The molecule has 1 amide bonds. The van der Waals surface area contributed by atoms with Gasteiger partial charge in [-0.1, -0.05) is 54.1 Å². The second kappa shape index (κ2) is 6.17. The Hall–Kier alpha value is -2.52. The molecule has 0 bridgehead atoms. The topological polar surface area (TPSA) is 38.3 Å². The summed E-state index contributed by atoms with van der Waals surface area (Å²) in [6.45, 7) is 0.465. The van der Waals surface area contributed by atoms with Crippen LogP contribution in [0.3, 0.4) is 0 Å². The van der Waals surface area contributed by atoms with E-state index in [0.717, 1.165) is 22.3 Å². The molecule has 24 heavy (non-hydrogen) atoms. The molecule has 1 heterocycles. The Morgan fingerprint density at radius 1 is 1.08 bits per heavy atom. The third-order valence-corrected chi connectivity index (χ3v) is 4.58. The van der Waals surface area contributed by atoms with Gasteiger partial charge in [0.25, 0.3) is 5.91 Å². The van der Waals surface area contributed by atoms with Gasteiger partial charge in [0.05, 0.1) is 0 Å². The van der Waals surface area contributed by atoms with Gasteiger partial charge in [-0.2, -0.15) is 0 Å². The van der Waals surface area contributed by atoms with E-state index in [0.29, 0.717) is 18.0 Å². The summed E-state index contributed by atoms with van der Waals surface area (Å²) < 4.78 is 5.85. The molecular weight excluding hydrogens is 322 g/mol. The number of amides is 1. The van der Waals surface area contributed by atoms with E-state index in [4.69, 9.17) is 16.3 Å². The summed E-state index contributed by atoms with van der Waals surface area (Å²) in [6.07, 6.45) is 0.126. The van der Waals surface area contributed by atoms with Gasteiger partial charge in [0.15, 0.2) is 6.10 Å². The number of halogens is 1. The van der Waals surface area contributed by atoms with Crippen molar-refractivity contribution in [1.82, 2.24) is 5.32 Å². The van der Waals surface area contributed by atoms with Crippen molar-refractivity contribution in [3.63, 3.8) is 0 Å². The van der Waals surface area contributed by atoms with Crippen LogP contribution in [0.5, 0.6) is 5.75 Å². The molecule has 1 N–H and O–H groups in total. The van der Waals surface area contributed by atoms with Gasteiger partial charge in [0, 0.05) is 23.6 Å². The molecule has 120 valence electrons.